The summed E-state index contributed by atoms with van der Waals surface area (Å²) < 4.78 is 29.4. The number of ether oxygens (including phenoxy) is 5. The number of esters is 1. The zero-order chi connectivity index (χ0) is 54.4. The number of oxime groups is 1. The van der Waals surface area contributed by atoms with Crippen molar-refractivity contribution in [1.82, 2.24) is 0 Å². The normalized spacial score (nSPS) is 16.6. The lowest BCUT2D eigenvalue weighted by Gasteiger charge is -2.25. The number of amides is 3. The van der Waals surface area contributed by atoms with Gasteiger partial charge in [0.25, 0.3) is 11.8 Å². The fourth-order valence-corrected chi connectivity index (χ4v) is 13.2. The van der Waals surface area contributed by atoms with E-state index in [0.717, 1.165) is 52.2 Å². The maximum Gasteiger partial charge on any atom is 0.309 e. The average Bonchev–Trinajstić information content (AvgIpc) is 4.00. The smallest absolute Gasteiger partial charge is 0.309 e. The predicted molar refractivity (Wildman–Crippen MR) is 302 cm³/mol. The van der Waals surface area contributed by atoms with Gasteiger partial charge in [0.15, 0.2) is 35.4 Å². The molecule has 4 aliphatic heterocycles. The van der Waals surface area contributed by atoms with Crippen LogP contribution in [0.3, 0.4) is 0 Å². The Balaban J connectivity index is 0.923. The van der Waals surface area contributed by atoms with E-state index in [1.54, 1.807) is 32.2 Å². The third-order valence-electron chi connectivity index (χ3n) is 14.1. The molecule has 17 nitrogen and oxygen atoms in total. The molecule has 4 heterocycles. The van der Waals surface area contributed by atoms with Crippen LogP contribution in [0.4, 0.5) is 28.4 Å². The molecule has 404 valence electrons. The van der Waals surface area contributed by atoms with Crippen molar-refractivity contribution in [3.63, 3.8) is 0 Å². The van der Waals surface area contributed by atoms with Gasteiger partial charge in [-0.25, -0.2) is 0 Å². The van der Waals surface area contributed by atoms with E-state index < -0.39 is 11.9 Å². The minimum absolute atomic E-state index is 0.0307. The zero-order valence-electron chi connectivity index (χ0n) is 44.3. The molecule has 0 spiro atoms. The number of Topliss-reactive ketones (excluding diaryl/α,β-unsaturated/α-hetero) is 1. The summed E-state index contributed by atoms with van der Waals surface area (Å²) in [6.07, 6.45) is 3.59. The van der Waals surface area contributed by atoms with Gasteiger partial charge in [0.05, 0.1) is 61.8 Å². The minimum atomic E-state index is -0.664. The number of ketones is 1. The Morgan fingerprint density at radius 2 is 1.40 bits per heavy atom. The summed E-state index contributed by atoms with van der Waals surface area (Å²) >= 11 is 0. The van der Waals surface area contributed by atoms with Crippen molar-refractivity contribution in [1.29, 1.82) is 0 Å². The maximum absolute atomic E-state index is 14.3. The van der Waals surface area contributed by atoms with Crippen LogP contribution in [-0.2, 0) is 50.0 Å². The highest BCUT2D eigenvalue weighted by Gasteiger charge is 2.40. The number of fused-ring (bicyclic) bond motifs is 8. The molecule has 1 unspecified atom stereocenters. The summed E-state index contributed by atoms with van der Waals surface area (Å²) in [5.74, 6) is 0.155. The van der Waals surface area contributed by atoms with E-state index in [1.807, 2.05) is 91.4 Å². The summed E-state index contributed by atoms with van der Waals surface area (Å²) in [6, 6.07) is 28.7. The highest BCUT2D eigenvalue weighted by molar-refractivity contribution is 8.77. The quantitative estimate of drug-likeness (QED) is 0.0289. The molecule has 3 atom stereocenters. The van der Waals surface area contributed by atoms with E-state index in [9.17, 15) is 24.0 Å². The number of anilines is 5. The van der Waals surface area contributed by atoms with Crippen LogP contribution < -0.4 is 44.3 Å². The van der Waals surface area contributed by atoms with Gasteiger partial charge in [-0.15, -0.1) is 0 Å². The van der Waals surface area contributed by atoms with Crippen LogP contribution in [0.25, 0.3) is 0 Å². The molecule has 5 aromatic carbocycles. The summed E-state index contributed by atoms with van der Waals surface area (Å²) in [4.78, 5) is 78.1. The zero-order valence-corrected chi connectivity index (χ0v) is 46.0. The number of nitrogens with zero attached hydrogens (tertiary/aromatic N) is 4. The third-order valence-corrected chi connectivity index (χ3v) is 17.5. The molecule has 5 aromatic rings. The molecular formula is C58H64N6O11S2. The van der Waals surface area contributed by atoms with Crippen molar-refractivity contribution >= 4 is 85.7 Å². The van der Waals surface area contributed by atoms with Gasteiger partial charge < -0.3 is 53.9 Å². The number of carbonyl (C=O) groups excluding carboxylic acids is 5. The van der Waals surface area contributed by atoms with E-state index in [-0.39, 0.29) is 73.0 Å². The molecule has 0 aliphatic carbocycles. The Labute approximate surface area is 456 Å². The fourth-order valence-electron chi connectivity index (χ4n) is 10.3. The number of methoxy groups -OCH3 is 3. The second kappa shape index (κ2) is 23.9. The second-order valence-electron chi connectivity index (χ2n) is 20.0. The standard InChI is InChI=1S/C58H64N6O11S2/c1-8-60-75-33-43(65)24-39(57(69)72-7)34-76-77-58(2,3)18-17-54(66)61-40-20-35(31-73-52-27-46-44(25-50(52)70-5)55(67)63-41(29-59-46)22-37-13-9-11-15-47(37)63)19-36(21-40)32-74-53-28-49-45(26-51(53)71-6)56(68)64-42(30-62(49)4)23-38-14-10-12-16-48(38)64/h8-16,19-21,25-28,39,41-42,59H,17-18,22-24,29-34H2,1-7H3,(H,61,66)/t39?,41-,42-/m0/s1. The number of hydrogen-bond acceptors (Lipinski definition) is 16. The lowest BCUT2D eigenvalue weighted by atomic mass is 10.1. The van der Waals surface area contributed by atoms with Gasteiger partial charge >= 0.3 is 5.97 Å². The van der Waals surface area contributed by atoms with E-state index in [4.69, 9.17) is 28.5 Å². The van der Waals surface area contributed by atoms with Gasteiger partial charge in [0.2, 0.25) is 5.91 Å². The molecule has 0 aromatic heterocycles. The predicted octanol–water partition coefficient (Wildman–Crippen LogP) is 9.53. The Morgan fingerprint density at radius 3 is 2.05 bits per heavy atom. The van der Waals surface area contributed by atoms with Crippen molar-refractivity contribution in [2.24, 2.45) is 11.1 Å². The summed E-state index contributed by atoms with van der Waals surface area (Å²) in [5.41, 5.74) is 8.44. The van der Waals surface area contributed by atoms with Crippen molar-refractivity contribution in [3.8, 4) is 23.0 Å². The molecule has 0 bridgehead atoms. The van der Waals surface area contributed by atoms with E-state index >= 15 is 0 Å². The third kappa shape index (κ3) is 12.3. The summed E-state index contributed by atoms with van der Waals surface area (Å²) in [6.45, 7) is 6.80. The molecule has 2 N–H and O–H groups in total. The molecule has 0 saturated carbocycles. The van der Waals surface area contributed by atoms with E-state index in [2.05, 4.69) is 32.8 Å². The summed E-state index contributed by atoms with van der Waals surface area (Å²) in [7, 11) is 9.34. The Kier molecular flexibility index (Phi) is 16.9. The number of hydrogen-bond donors (Lipinski definition) is 2. The van der Waals surface area contributed by atoms with E-state index in [1.165, 1.54) is 42.0 Å². The number of nitrogens with one attached hydrogen (secondary N) is 2. The molecule has 19 heteroatoms. The van der Waals surface area contributed by atoms with Crippen molar-refractivity contribution in [2.45, 2.75) is 82.9 Å². The largest absolute Gasteiger partial charge is 0.493 e. The van der Waals surface area contributed by atoms with Crippen molar-refractivity contribution < 1.29 is 52.5 Å². The highest BCUT2D eigenvalue weighted by atomic mass is 33.1. The molecule has 3 amide bonds. The van der Waals surface area contributed by atoms with Crippen molar-refractivity contribution in [3.05, 3.63) is 124 Å². The van der Waals surface area contributed by atoms with Crippen LogP contribution in [0.1, 0.15) is 83.0 Å². The fraction of sp³-hybridized carbons (Fsp3) is 0.379. The van der Waals surface area contributed by atoms with Crippen LogP contribution in [0.5, 0.6) is 23.0 Å². The average molecular weight is 1090 g/mol. The van der Waals surface area contributed by atoms with Gasteiger partial charge in [-0.05, 0) is 105 Å². The van der Waals surface area contributed by atoms with Crippen LogP contribution >= 0.6 is 21.6 Å². The molecular weight excluding hydrogens is 1020 g/mol. The number of benzene rings is 5. The van der Waals surface area contributed by atoms with E-state index in [0.29, 0.717) is 70.8 Å². The van der Waals surface area contributed by atoms with Crippen molar-refractivity contribution in [2.75, 3.05) is 79.2 Å². The first kappa shape index (κ1) is 54.4. The Bertz CT molecular complexity index is 3100. The minimum Gasteiger partial charge on any atom is -0.493 e. The SMILES string of the molecule is CC=NOCC(=O)CC(CSSC(C)(C)CCC(=O)Nc1cc(COc2cc3c(cc2OC)C(=O)N2c4ccccc4C[C@H]2CN3)cc(COc2cc3c(cc2OC)C(=O)N2c4ccccc4C[C@H]2CN3C)c1)C(=O)OC. The molecule has 0 saturated heterocycles. The van der Waals surface area contributed by atoms with Crippen LogP contribution in [0, 0.1) is 5.92 Å². The first-order valence-corrected chi connectivity index (χ1v) is 27.9. The number of rotatable bonds is 22. The molecule has 0 radical (unpaired) electrons. The first-order chi connectivity index (χ1) is 37.2. The van der Waals surface area contributed by atoms with Gasteiger partial charge in [0.1, 0.15) is 13.2 Å². The molecule has 9 rings (SSSR count). The molecule has 77 heavy (non-hydrogen) atoms. The molecule has 4 aliphatic rings. The number of likely N-dealkylation sites (N-methyl/N-ethyl adjacent to an activating group) is 1. The first-order valence-electron chi connectivity index (χ1n) is 25.6. The lowest BCUT2D eigenvalue weighted by Crippen LogP contribution is -2.41. The monoisotopic (exact) mass is 1080 g/mol. The van der Waals surface area contributed by atoms with Crippen LogP contribution in [-0.4, -0.2) is 106 Å². The maximum atomic E-state index is 14.3. The topological polar surface area (TPSA) is 187 Å². The Morgan fingerprint density at radius 1 is 0.792 bits per heavy atom. The van der Waals surface area contributed by atoms with Crippen LogP contribution in [0.15, 0.2) is 96.2 Å². The van der Waals surface area contributed by atoms with Gasteiger partial charge in [-0.3, -0.25) is 24.0 Å². The lowest BCUT2D eigenvalue weighted by molar-refractivity contribution is -0.146. The van der Waals surface area contributed by atoms with Gasteiger partial charge in [0, 0.05) is 78.9 Å². The Hall–Kier alpha value is -7.38. The number of para-hydroxylation sites is 2. The second-order valence-corrected chi connectivity index (χ2v) is 23.1. The highest BCUT2D eigenvalue weighted by Crippen LogP contribution is 2.44. The summed E-state index contributed by atoms with van der Waals surface area (Å²) in [5, 5.41) is 10.2. The van der Waals surface area contributed by atoms with Crippen LogP contribution in [0.2, 0.25) is 0 Å². The van der Waals surface area contributed by atoms with Gasteiger partial charge in [-0.2, -0.15) is 0 Å². The number of carbonyl (C=O) groups is 5. The molecule has 0 fully saturated rings. The van der Waals surface area contributed by atoms with Gasteiger partial charge in [-0.1, -0.05) is 63.1 Å².